The number of carbonyl (C=O) groups is 2. The standard InChI is InChI=1S/C21H21N3O3/c22-14-16-2-1-3-17(12-16)21(27)23-18-6-4-15(5-7-18)13-20(26)24-10-8-19(25)9-11-24/h1-7,12,19,25H,8-11,13H2,(H,23,27). The van der Waals surface area contributed by atoms with Crippen LogP contribution in [-0.4, -0.2) is 41.0 Å². The van der Waals surface area contributed by atoms with Crippen molar-refractivity contribution in [2.75, 3.05) is 18.4 Å². The first kappa shape index (κ1) is 18.6. The van der Waals surface area contributed by atoms with Gasteiger partial charge in [-0.15, -0.1) is 0 Å². The van der Waals surface area contributed by atoms with Crippen LogP contribution in [0, 0.1) is 11.3 Å². The molecule has 0 saturated carbocycles. The summed E-state index contributed by atoms with van der Waals surface area (Å²) < 4.78 is 0. The molecule has 1 aliphatic heterocycles. The third-order valence-corrected chi connectivity index (χ3v) is 4.64. The molecule has 0 atom stereocenters. The summed E-state index contributed by atoms with van der Waals surface area (Å²) >= 11 is 0. The van der Waals surface area contributed by atoms with Crippen molar-refractivity contribution in [2.45, 2.75) is 25.4 Å². The topological polar surface area (TPSA) is 93.4 Å². The van der Waals surface area contributed by atoms with Crippen molar-refractivity contribution < 1.29 is 14.7 Å². The number of likely N-dealkylation sites (tertiary alicyclic amines) is 1. The number of nitrogens with zero attached hydrogens (tertiary/aromatic N) is 2. The molecule has 6 heteroatoms. The molecule has 0 aromatic heterocycles. The maximum atomic E-state index is 12.3. The minimum atomic E-state index is -0.300. The number of nitrogens with one attached hydrogen (secondary N) is 1. The lowest BCUT2D eigenvalue weighted by atomic mass is 10.1. The highest BCUT2D eigenvalue weighted by molar-refractivity contribution is 6.04. The molecule has 0 radical (unpaired) electrons. The molecule has 0 unspecified atom stereocenters. The van der Waals surface area contributed by atoms with Gasteiger partial charge in [-0.3, -0.25) is 9.59 Å². The Morgan fingerprint density at radius 1 is 1.15 bits per heavy atom. The third-order valence-electron chi connectivity index (χ3n) is 4.64. The second-order valence-electron chi connectivity index (χ2n) is 6.63. The number of nitriles is 1. The summed E-state index contributed by atoms with van der Waals surface area (Å²) in [6.07, 6.45) is 1.26. The molecule has 2 aromatic carbocycles. The van der Waals surface area contributed by atoms with Gasteiger partial charge in [-0.2, -0.15) is 5.26 Å². The number of aliphatic hydroxyl groups is 1. The molecule has 3 rings (SSSR count). The molecule has 138 valence electrons. The minimum Gasteiger partial charge on any atom is -0.393 e. The number of anilines is 1. The molecule has 0 aliphatic carbocycles. The Morgan fingerprint density at radius 3 is 2.52 bits per heavy atom. The molecule has 1 aliphatic rings. The molecule has 2 amide bonds. The zero-order chi connectivity index (χ0) is 19.2. The molecular formula is C21H21N3O3. The lowest BCUT2D eigenvalue weighted by molar-refractivity contribution is -0.132. The van der Waals surface area contributed by atoms with Crippen molar-refractivity contribution in [1.29, 1.82) is 5.26 Å². The number of hydrogen-bond donors (Lipinski definition) is 2. The molecule has 0 spiro atoms. The Bertz CT molecular complexity index is 863. The van der Waals surface area contributed by atoms with E-state index < -0.39 is 0 Å². The number of aliphatic hydroxyl groups excluding tert-OH is 1. The van der Waals surface area contributed by atoms with E-state index in [1.807, 2.05) is 18.2 Å². The summed E-state index contributed by atoms with van der Waals surface area (Å²) in [6, 6.07) is 15.7. The van der Waals surface area contributed by atoms with E-state index >= 15 is 0 Å². The van der Waals surface area contributed by atoms with Gasteiger partial charge in [0, 0.05) is 24.3 Å². The number of hydrogen-bond acceptors (Lipinski definition) is 4. The number of carbonyl (C=O) groups excluding carboxylic acids is 2. The second-order valence-corrected chi connectivity index (χ2v) is 6.63. The van der Waals surface area contributed by atoms with Gasteiger partial charge in [-0.25, -0.2) is 0 Å². The van der Waals surface area contributed by atoms with Crippen molar-refractivity contribution >= 4 is 17.5 Å². The zero-order valence-corrected chi connectivity index (χ0v) is 14.9. The van der Waals surface area contributed by atoms with Crippen molar-refractivity contribution in [1.82, 2.24) is 4.90 Å². The fourth-order valence-corrected chi connectivity index (χ4v) is 3.04. The van der Waals surface area contributed by atoms with Gasteiger partial charge in [0.2, 0.25) is 5.91 Å². The molecule has 27 heavy (non-hydrogen) atoms. The summed E-state index contributed by atoms with van der Waals surface area (Å²) in [5, 5.41) is 21.2. The predicted molar refractivity (Wildman–Crippen MR) is 101 cm³/mol. The number of rotatable bonds is 4. The number of amides is 2. The van der Waals surface area contributed by atoms with Gasteiger partial charge in [-0.1, -0.05) is 18.2 Å². The van der Waals surface area contributed by atoms with Crippen LogP contribution in [0.2, 0.25) is 0 Å². The van der Waals surface area contributed by atoms with Crippen molar-refractivity contribution in [3.8, 4) is 6.07 Å². The van der Waals surface area contributed by atoms with E-state index in [1.165, 1.54) is 6.07 Å². The highest BCUT2D eigenvalue weighted by Crippen LogP contribution is 2.15. The van der Waals surface area contributed by atoms with E-state index in [2.05, 4.69) is 5.32 Å². The first-order valence-corrected chi connectivity index (χ1v) is 8.91. The lowest BCUT2D eigenvalue weighted by Gasteiger charge is -2.29. The quantitative estimate of drug-likeness (QED) is 0.872. The van der Waals surface area contributed by atoms with Crippen LogP contribution in [-0.2, 0) is 11.2 Å². The van der Waals surface area contributed by atoms with Gasteiger partial charge in [0.05, 0.1) is 24.2 Å². The summed E-state index contributed by atoms with van der Waals surface area (Å²) in [5.41, 5.74) is 2.34. The first-order chi connectivity index (χ1) is 13.0. The van der Waals surface area contributed by atoms with Crippen LogP contribution in [0.3, 0.4) is 0 Å². The second kappa shape index (κ2) is 8.47. The average molecular weight is 363 g/mol. The Kier molecular flexibility index (Phi) is 5.84. The lowest BCUT2D eigenvalue weighted by Crippen LogP contribution is -2.40. The maximum absolute atomic E-state index is 12.3. The highest BCUT2D eigenvalue weighted by Gasteiger charge is 2.21. The number of piperidine rings is 1. The largest absolute Gasteiger partial charge is 0.393 e. The van der Waals surface area contributed by atoms with Gasteiger partial charge in [-0.05, 0) is 48.7 Å². The molecular weight excluding hydrogens is 342 g/mol. The Balaban J connectivity index is 1.57. The minimum absolute atomic E-state index is 0.0482. The van der Waals surface area contributed by atoms with Gasteiger partial charge in [0.1, 0.15) is 0 Å². The van der Waals surface area contributed by atoms with Crippen molar-refractivity contribution in [3.63, 3.8) is 0 Å². The van der Waals surface area contributed by atoms with Gasteiger partial charge in [0.15, 0.2) is 0 Å². The Hall–Kier alpha value is -3.17. The zero-order valence-electron chi connectivity index (χ0n) is 14.9. The van der Waals surface area contributed by atoms with Gasteiger partial charge in [0.25, 0.3) is 5.91 Å². The van der Waals surface area contributed by atoms with Crippen LogP contribution in [0.25, 0.3) is 0 Å². The fraction of sp³-hybridized carbons (Fsp3) is 0.286. The smallest absolute Gasteiger partial charge is 0.255 e. The average Bonchev–Trinajstić information content (AvgIpc) is 2.70. The van der Waals surface area contributed by atoms with Crippen LogP contribution in [0.5, 0.6) is 0 Å². The molecule has 1 heterocycles. The molecule has 0 bridgehead atoms. The van der Waals surface area contributed by atoms with Crippen LogP contribution >= 0.6 is 0 Å². The Labute approximate surface area is 158 Å². The monoisotopic (exact) mass is 363 g/mol. The third kappa shape index (κ3) is 4.93. The SMILES string of the molecule is N#Cc1cccc(C(=O)Nc2ccc(CC(=O)N3CCC(O)CC3)cc2)c1. The molecule has 6 nitrogen and oxygen atoms in total. The van der Waals surface area contributed by atoms with E-state index in [1.54, 1.807) is 35.2 Å². The van der Waals surface area contributed by atoms with Crippen LogP contribution in [0.4, 0.5) is 5.69 Å². The van der Waals surface area contributed by atoms with Gasteiger partial charge < -0.3 is 15.3 Å². The maximum Gasteiger partial charge on any atom is 0.255 e. The summed E-state index contributed by atoms with van der Waals surface area (Å²) in [4.78, 5) is 26.4. The first-order valence-electron chi connectivity index (χ1n) is 8.91. The summed E-state index contributed by atoms with van der Waals surface area (Å²) in [5.74, 6) is -0.241. The van der Waals surface area contributed by atoms with E-state index in [-0.39, 0.29) is 17.9 Å². The Morgan fingerprint density at radius 2 is 1.85 bits per heavy atom. The molecule has 1 fully saturated rings. The normalized spacial score (nSPS) is 14.4. The molecule has 2 aromatic rings. The predicted octanol–water partition coefficient (Wildman–Crippen LogP) is 2.34. The van der Waals surface area contributed by atoms with Gasteiger partial charge >= 0.3 is 0 Å². The van der Waals surface area contributed by atoms with E-state index in [0.717, 1.165) is 5.56 Å². The number of benzene rings is 2. The fourth-order valence-electron chi connectivity index (χ4n) is 3.04. The van der Waals surface area contributed by atoms with Crippen LogP contribution in [0.1, 0.15) is 34.3 Å². The van der Waals surface area contributed by atoms with E-state index in [0.29, 0.717) is 49.2 Å². The van der Waals surface area contributed by atoms with Crippen molar-refractivity contribution in [3.05, 3.63) is 65.2 Å². The summed E-state index contributed by atoms with van der Waals surface area (Å²) in [6.45, 7) is 1.19. The van der Waals surface area contributed by atoms with E-state index in [9.17, 15) is 14.7 Å². The van der Waals surface area contributed by atoms with Crippen LogP contribution in [0.15, 0.2) is 48.5 Å². The van der Waals surface area contributed by atoms with Crippen molar-refractivity contribution in [2.24, 2.45) is 0 Å². The summed E-state index contributed by atoms with van der Waals surface area (Å²) in [7, 11) is 0. The highest BCUT2D eigenvalue weighted by atomic mass is 16.3. The molecule has 1 saturated heterocycles. The van der Waals surface area contributed by atoms with Crippen LogP contribution < -0.4 is 5.32 Å². The van der Waals surface area contributed by atoms with E-state index in [4.69, 9.17) is 5.26 Å². The molecule has 2 N–H and O–H groups in total.